The third-order valence-corrected chi connectivity index (χ3v) is 9.12. The highest BCUT2D eigenvalue weighted by Gasteiger charge is 2.93. The van der Waals surface area contributed by atoms with Gasteiger partial charge in [-0.15, -0.1) is 0 Å². The Hall–Kier alpha value is -0.740. The van der Waals surface area contributed by atoms with Crippen LogP contribution < -0.4 is 0 Å². The largest absolute Gasteiger partial charge is 0.385 e. The lowest BCUT2D eigenvalue weighted by molar-refractivity contribution is -0.138. The molecule has 0 unspecified atom stereocenters. The molecule has 0 aromatic carbocycles. The van der Waals surface area contributed by atoms with Gasteiger partial charge in [0.15, 0.2) is 11.6 Å². The predicted molar refractivity (Wildman–Crippen MR) is 82.6 cm³/mol. The van der Waals surface area contributed by atoms with Gasteiger partial charge in [0.2, 0.25) is 0 Å². The number of hydrogen-bond acceptors (Lipinski definition) is 4. The molecular weight excluding hydrogens is 292 g/mol. The molecule has 1 N–H and O–H groups in total. The van der Waals surface area contributed by atoms with Gasteiger partial charge in [-0.05, 0) is 49.4 Å². The van der Waals surface area contributed by atoms with Crippen molar-refractivity contribution in [2.45, 2.75) is 71.2 Å². The number of aliphatic hydroxyl groups excluding tert-OH is 1. The molecule has 8 atom stereocenters. The summed E-state index contributed by atoms with van der Waals surface area (Å²) in [5, 5.41) is 11.0. The molecule has 1 saturated heterocycles. The zero-order valence-electron chi connectivity index (χ0n) is 14.4. The minimum absolute atomic E-state index is 0.0509. The van der Waals surface area contributed by atoms with Crippen LogP contribution in [0.4, 0.5) is 0 Å². The lowest BCUT2D eigenvalue weighted by atomic mass is 9.55. The van der Waals surface area contributed by atoms with Gasteiger partial charge in [-0.3, -0.25) is 9.59 Å². The molecule has 1 heterocycles. The van der Waals surface area contributed by atoms with E-state index >= 15 is 0 Å². The van der Waals surface area contributed by atoms with E-state index in [0.29, 0.717) is 18.3 Å². The topological polar surface area (TPSA) is 66.9 Å². The summed E-state index contributed by atoms with van der Waals surface area (Å²) in [7, 11) is 0. The van der Waals surface area contributed by atoms with Crippen molar-refractivity contribution in [3.05, 3.63) is 0 Å². The van der Waals surface area contributed by atoms with Crippen molar-refractivity contribution < 1.29 is 19.4 Å². The van der Waals surface area contributed by atoms with Gasteiger partial charge < -0.3 is 9.84 Å². The van der Waals surface area contributed by atoms with Crippen LogP contribution in [0.3, 0.4) is 0 Å². The summed E-state index contributed by atoms with van der Waals surface area (Å²) in [6.07, 6.45) is 2.18. The Balaban J connectivity index is 1.74. The molecule has 0 bridgehead atoms. The van der Waals surface area contributed by atoms with E-state index in [2.05, 4.69) is 20.8 Å². The second-order valence-corrected chi connectivity index (χ2v) is 9.51. The van der Waals surface area contributed by atoms with Gasteiger partial charge >= 0.3 is 0 Å². The Morgan fingerprint density at radius 1 is 1.26 bits per heavy atom. The highest BCUT2D eigenvalue weighted by atomic mass is 16.6. The zero-order valence-corrected chi connectivity index (χ0v) is 14.4. The number of epoxide rings is 1. The van der Waals surface area contributed by atoms with Crippen LogP contribution in [-0.4, -0.2) is 34.5 Å². The van der Waals surface area contributed by atoms with Gasteiger partial charge in [0.25, 0.3) is 0 Å². The lowest BCUT2D eigenvalue weighted by Crippen LogP contribution is -2.48. The lowest BCUT2D eigenvalue weighted by Gasteiger charge is -2.46. The van der Waals surface area contributed by atoms with Gasteiger partial charge in [-0.1, -0.05) is 20.8 Å². The summed E-state index contributed by atoms with van der Waals surface area (Å²) in [6, 6.07) is 0. The predicted octanol–water partition coefficient (Wildman–Crippen LogP) is 2.13. The van der Waals surface area contributed by atoms with E-state index in [4.69, 9.17) is 4.74 Å². The first-order valence-corrected chi connectivity index (χ1v) is 9.11. The van der Waals surface area contributed by atoms with E-state index in [0.717, 1.165) is 19.3 Å². The van der Waals surface area contributed by atoms with E-state index in [1.165, 1.54) is 0 Å². The second-order valence-electron chi connectivity index (χ2n) is 9.51. The van der Waals surface area contributed by atoms with Crippen LogP contribution >= 0.6 is 0 Å². The maximum atomic E-state index is 13.3. The first-order valence-electron chi connectivity index (χ1n) is 9.11. The Kier molecular flexibility index (Phi) is 2.28. The van der Waals surface area contributed by atoms with E-state index in [1.54, 1.807) is 0 Å². The molecule has 5 aliphatic rings. The summed E-state index contributed by atoms with van der Waals surface area (Å²) in [5.41, 5.74) is -1.87. The molecule has 4 aliphatic carbocycles. The van der Waals surface area contributed by atoms with Crippen molar-refractivity contribution in [2.24, 2.45) is 34.0 Å². The molecule has 0 aromatic heterocycles. The molecule has 1 aliphatic heterocycles. The normalized spacial score (nSPS) is 62.5. The van der Waals surface area contributed by atoms with Crippen LogP contribution in [0.15, 0.2) is 0 Å². The molecule has 126 valence electrons. The van der Waals surface area contributed by atoms with Crippen LogP contribution in [0, 0.1) is 34.0 Å². The highest BCUT2D eigenvalue weighted by Crippen LogP contribution is 2.85. The second kappa shape index (κ2) is 3.60. The average molecular weight is 318 g/mol. The first kappa shape index (κ1) is 14.6. The molecule has 5 rings (SSSR count). The smallest absolute Gasteiger partial charge is 0.171 e. The number of carbonyl (C=O) groups excluding carboxylic acids is 2. The van der Waals surface area contributed by atoms with Gasteiger partial charge in [-0.25, -0.2) is 0 Å². The summed E-state index contributed by atoms with van der Waals surface area (Å²) in [5.74, 6) is 1.09. The van der Waals surface area contributed by atoms with Crippen LogP contribution in [0.2, 0.25) is 0 Å². The van der Waals surface area contributed by atoms with Crippen LogP contribution in [0.1, 0.15) is 53.4 Å². The summed E-state index contributed by atoms with van der Waals surface area (Å²) in [6.45, 7) is 8.58. The standard InChI is InChI=1S/C19H26O4/c1-9(2)11-5-6-18-8-10-7-12(20)15-19(10,23-15)17(18,4)14(22)13(21)16(11,18)3/h9-11,13,15,21H,5-8H2,1-4H3/t10-,11+,13-,15+,16-,17-,18+,19-/m0/s1. The molecule has 4 saturated carbocycles. The van der Waals surface area contributed by atoms with Crippen molar-refractivity contribution >= 4 is 11.6 Å². The Morgan fingerprint density at radius 3 is 2.57 bits per heavy atom. The number of ketones is 2. The van der Waals surface area contributed by atoms with Crippen LogP contribution in [0.5, 0.6) is 0 Å². The fourth-order valence-electron chi connectivity index (χ4n) is 8.19. The maximum Gasteiger partial charge on any atom is 0.171 e. The van der Waals surface area contributed by atoms with Gasteiger partial charge in [0, 0.05) is 11.8 Å². The number of carbonyl (C=O) groups is 2. The van der Waals surface area contributed by atoms with Gasteiger partial charge in [-0.2, -0.15) is 0 Å². The van der Waals surface area contributed by atoms with Crippen LogP contribution in [-0.2, 0) is 14.3 Å². The van der Waals surface area contributed by atoms with Crippen molar-refractivity contribution in [2.75, 3.05) is 0 Å². The molecule has 23 heavy (non-hydrogen) atoms. The molecule has 2 spiro atoms. The Labute approximate surface area is 137 Å². The molecule has 4 heteroatoms. The summed E-state index contributed by atoms with van der Waals surface area (Å²) in [4.78, 5) is 25.5. The molecule has 0 amide bonds. The van der Waals surface area contributed by atoms with E-state index < -0.39 is 17.1 Å². The van der Waals surface area contributed by atoms with Gasteiger partial charge in [0.1, 0.15) is 17.8 Å². The third kappa shape index (κ3) is 1.06. The van der Waals surface area contributed by atoms with E-state index in [9.17, 15) is 14.7 Å². The number of hydrogen-bond donors (Lipinski definition) is 1. The third-order valence-electron chi connectivity index (χ3n) is 9.12. The number of Topliss-reactive ketones (excluding diaryl/α,β-unsaturated/α-hetero) is 2. The first-order chi connectivity index (χ1) is 10.7. The number of aliphatic hydroxyl groups is 1. The zero-order chi connectivity index (χ0) is 16.6. The number of rotatable bonds is 1. The van der Waals surface area contributed by atoms with Crippen molar-refractivity contribution in [1.82, 2.24) is 0 Å². The van der Waals surface area contributed by atoms with Crippen molar-refractivity contribution in [1.29, 1.82) is 0 Å². The maximum absolute atomic E-state index is 13.3. The van der Waals surface area contributed by atoms with Crippen LogP contribution in [0.25, 0.3) is 0 Å². The molecule has 0 aromatic rings. The Morgan fingerprint density at radius 2 is 1.96 bits per heavy atom. The average Bonchev–Trinajstić information content (AvgIpc) is 3.00. The fourth-order valence-corrected chi connectivity index (χ4v) is 8.19. The molecule has 4 nitrogen and oxygen atoms in total. The summed E-state index contributed by atoms with van der Waals surface area (Å²) >= 11 is 0. The number of ether oxygens (including phenoxy) is 1. The fraction of sp³-hybridized carbons (Fsp3) is 0.895. The van der Waals surface area contributed by atoms with Crippen molar-refractivity contribution in [3.8, 4) is 0 Å². The van der Waals surface area contributed by atoms with Crippen molar-refractivity contribution in [3.63, 3.8) is 0 Å². The monoisotopic (exact) mass is 318 g/mol. The van der Waals surface area contributed by atoms with E-state index in [-0.39, 0.29) is 34.4 Å². The highest BCUT2D eigenvalue weighted by molar-refractivity contribution is 6.01. The molecule has 5 fully saturated rings. The summed E-state index contributed by atoms with van der Waals surface area (Å²) < 4.78 is 5.97. The Bertz CT molecular complexity index is 656. The minimum atomic E-state index is -0.918. The van der Waals surface area contributed by atoms with Gasteiger partial charge in [0.05, 0.1) is 5.41 Å². The molecular formula is C19H26O4. The van der Waals surface area contributed by atoms with E-state index in [1.807, 2.05) is 6.92 Å². The molecule has 0 radical (unpaired) electrons. The SMILES string of the molecule is CC(C)[C@H]1CC[C@]23C[C@@H]4CC(=O)[C@H]5O[C@@]45[C@@]2(C)C(=O)[C@H](O)[C@]13C. The quantitative estimate of drug-likeness (QED) is 0.752. The minimum Gasteiger partial charge on any atom is -0.385 e.